The first kappa shape index (κ1) is 49.6. The molecule has 0 amide bonds. The van der Waals surface area contributed by atoms with Gasteiger partial charge in [0.15, 0.2) is 7.85 Å². The molecule has 7 aromatic carbocycles. The van der Waals surface area contributed by atoms with Gasteiger partial charge in [-0.2, -0.15) is 0 Å². The normalized spacial score (nSPS) is 13.1. The number of pyridine rings is 3. The Balaban J connectivity index is 1.05. The molecule has 0 saturated carbocycles. The van der Waals surface area contributed by atoms with Crippen LogP contribution in [0, 0.1) is 0 Å². The number of benzene rings is 7. The largest absolute Gasteiger partial charge is 0.422 e. The van der Waals surface area contributed by atoms with Gasteiger partial charge in [0.2, 0.25) is 5.79 Å². The summed E-state index contributed by atoms with van der Waals surface area (Å²) in [5.41, 5.74) is 0.850. The third-order valence-electron chi connectivity index (χ3n) is 14.6. The molecule has 0 spiro atoms. The molecular formula is C63H44BN3O11. The van der Waals surface area contributed by atoms with Crippen LogP contribution in [-0.2, 0) is 22.9 Å². The first-order valence-corrected chi connectivity index (χ1v) is 24.7. The van der Waals surface area contributed by atoms with E-state index in [0.29, 0.717) is 33.2 Å². The summed E-state index contributed by atoms with van der Waals surface area (Å²) in [6.07, 6.45) is 3.86. The second-order valence-corrected chi connectivity index (χ2v) is 19.4. The van der Waals surface area contributed by atoms with E-state index in [2.05, 4.69) is 9.97 Å². The number of hydrogen-bond donors (Lipinski definition) is 7. The van der Waals surface area contributed by atoms with Crippen LogP contribution in [0.5, 0.6) is 0 Å². The number of fused-ring (bicyclic) bond motifs is 6. The summed E-state index contributed by atoms with van der Waals surface area (Å²) in [5, 5.41) is 87.1. The van der Waals surface area contributed by atoms with Crippen LogP contribution in [0.1, 0.15) is 22.3 Å². The molecule has 15 heteroatoms. The maximum atomic E-state index is 13.4. The Hall–Kier alpha value is -9.29. The summed E-state index contributed by atoms with van der Waals surface area (Å²) in [6.45, 7) is 0. The molecular weight excluding hydrogens is 986 g/mol. The number of hydrogen-bond acceptors (Lipinski definition) is 14. The lowest BCUT2D eigenvalue weighted by molar-refractivity contribution is -0.375. The van der Waals surface area contributed by atoms with Crippen LogP contribution in [0.25, 0.3) is 99.5 Å². The zero-order valence-corrected chi connectivity index (χ0v) is 41.3. The Morgan fingerprint density at radius 1 is 0.346 bits per heavy atom. The highest BCUT2D eigenvalue weighted by Crippen LogP contribution is 2.46. The summed E-state index contributed by atoms with van der Waals surface area (Å²) < 4.78 is 11.0. The van der Waals surface area contributed by atoms with E-state index in [1.165, 1.54) is 24.4 Å². The van der Waals surface area contributed by atoms with E-state index >= 15 is 0 Å². The van der Waals surface area contributed by atoms with Crippen LogP contribution in [0.3, 0.4) is 0 Å². The van der Waals surface area contributed by atoms with Crippen molar-refractivity contribution in [2.75, 3.05) is 0 Å². The van der Waals surface area contributed by atoms with Crippen LogP contribution in [0.2, 0.25) is 0 Å². The van der Waals surface area contributed by atoms with E-state index in [1.807, 2.05) is 97.1 Å². The Labute approximate surface area is 443 Å². The zero-order valence-electron chi connectivity index (χ0n) is 41.3. The van der Waals surface area contributed by atoms with Crippen LogP contribution in [-0.4, -0.2) is 58.5 Å². The smallest absolute Gasteiger partial charge is 0.345 e. The fourth-order valence-corrected chi connectivity index (χ4v) is 10.1. The minimum absolute atomic E-state index is 0.0645. The second kappa shape index (κ2) is 18.8. The Kier molecular flexibility index (Phi) is 11.9. The molecule has 12 aromatic rings. The summed E-state index contributed by atoms with van der Waals surface area (Å²) in [4.78, 5) is 40.4. The van der Waals surface area contributed by atoms with Gasteiger partial charge < -0.3 is 44.6 Å². The lowest BCUT2D eigenvalue weighted by Crippen LogP contribution is -2.51. The number of rotatable bonds is 11. The van der Waals surface area contributed by atoms with Gasteiger partial charge in [0.25, 0.3) is 11.6 Å². The standard InChI is InChI=1S/C63H44BN3O11/c64-60(70,43-30-50-56(66-33-43)47-19-9-11-21-54(47)77-58(50)68)61(71,72)41-27-40(28-42(29-41)62(73,74)63(75,76)44-31-51-57(67-34-44)48-20-10-12-22-55(48)78-59(51)69)45-17-7-8-18-46(45)52-35-65-53(39-15-5-2-6-16-39)32-49(52)38-25-23-37(24-26-38)36-13-3-1-4-14-36/h1-35,70-76H,64H2. The fraction of sp³-hybridized carbons (Fsp3) is 0.0635. The van der Waals surface area contributed by atoms with E-state index in [0.717, 1.165) is 54.0 Å². The van der Waals surface area contributed by atoms with Gasteiger partial charge >= 0.3 is 11.3 Å². The van der Waals surface area contributed by atoms with Crippen LogP contribution in [0.15, 0.2) is 231 Å². The monoisotopic (exact) mass is 1030 g/mol. The van der Waals surface area contributed by atoms with Gasteiger partial charge in [0.1, 0.15) is 16.7 Å². The van der Waals surface area contributed by atoms with E-state index in [1.54, 1.807) is 72.9 Å². The molecule has 1 unspecified atom stereocenters. The predicted molar refractivity (Wildman–Crippen MR) is 298 cm³/mol. The van der Waals surface area contributed by atoms with Crippen molar-refractivity contribution in [1.82, 2.24) is 15.0 Å². The molecule has 5 heterocycles. The van der Waals surface area contributed by atoms with Crippen molar-refractivity contribution in [3.8, 4) is 55.8 Å². The van der Waals surface area contributed by atoms with Gasteiger partial charge in [-0.3, -0.25) is 15.0 Å². The van der Waals surface area contributed by atoms with Gasteiger partial charge in [-0.05, 0) is 105 Å². The molecule has 0 saturated heterocycles. The van der Waals surface area contributed by atoms with Crippen LogP contribution >= 0.6 is 0 Å². The molecule has 12 rings (SSSR count). The number of nitrogens with zero attached hydrogens (tertiary/aromatic N) is 3. The maximum absolute atomic E-state index is 13.4. The molecule has 380 valence electrons. The minimum Gasteiger partial charge on any atom is -0.422 e. The molecule has 0 aliphatic carbocycles. The first-order valence-electron chi connectivity index (χ1n) is 24.7. The molecule has 78 heavy (non-hydrogen) atoms. The number of aromatic nitrogens is 3. The average Bonchev–Trinajstić information content (AvgIpc) is 3.67. The molecule has 0 bridgehead atoms. The van der Waals surface area contributed by atoms with Crippen molar-refractivity contribution in [3.05, 3.63) is 256 Å². The van der Waals surface area contributed by atoms with Crippen molar-refractivity contribution >= 4 is 51.6 Å². The molecule has 0 aliphatic rings. The molecule has 5 aromatic heterocycles. The first-order chi connectivity index (χ1) is 37.5. The summed E-state index contributed by atoms with van der Waals surface area (Å²) in [5.74, 6) is -10.9. The minimum atomic E-state index is -3.77. The number of aliphatic hydroxyl groups is 7. The van der Waals surface area contributed by atoms with Gasteiger partial charge in [-0.15, -0.1) is 0 Å². The topological polar surface area (TPSA) is 241 Å². The lowest BCUT2D eigenvalue weighted by Gasteiger charge is -2.40. The third kappa shape index (κ3) is 8.26. The highest BCUT2D eigenvalue weighted by Gasteiger charge is 2.53. The van der Waals surface area contributed by atoms with Crippen molar-refractivity contribution in [3.63, 3.8) is 0 Å². The molecule has 1 atom stereocenters. The third-order valence-corrected chi connectivity index (χ3v) is 14.6. The van der Waals surface area contributed by atoms with Crippen molar-refractivity contribution in [2.45, 2.75) is 22.9 Å². The van der Waals surface area contributed by atoms with Crippen molar-refractivity contribution in [1.29, 1.82) is 0 Å². The molecule has 0 fully saturated rings. The molecule has 14 nitrogen and oxygen atoms in total. The van der Waals surface area contributed by atoms with E-state index in [4.69, 9.17) is 13.8 Å². The lowest BCUT2D eigenvalue weighted by atomic mass is 9.67. The van der Waals surface area contributed by atoms with Gasteiger partial charge in [0, 0.05) is 57.2 Å². The van der Waals surface area contributed by atoms with Gasteiger partial charge in [-0.1, -0.05) is 133 Å². The Bertz CT molecular complexity index is 4270. The summed E-state index contributed by atoms with van der Waals surface area (Å²) in [6, 6.07) is 55.5. The molecule has 0 radical (unpaired) electrons. The SMILES string of the molecule is BC(O)(c1cnc2c(c1)c(=O)oc1ccccc12)C(O)(O)c1cc(-c2ccccc2-c2cnc(-c3ccccc3)cc2-c2ccc(-c3ccccc3)cc2)cc(C(O)(O)C(O)(O)c2cnc3c(c2)c(=O)oc2ccccc23)c1. The van der Waals surface area contributed by atoms with Gasteiger partial charge in [0.05, 0.1) is 27.5 Å². The van der Waals surface area contributed by atoms with E-state index < -0.39 is 50.8 Å². The van der Waals surface area contributed by atoms with Gasteiger partial charge in [-0.25, -0.2) is 9.59 Å². The van der Waals surface area contributed by atoms with Crippen LogP contribution < -0.4 is 11.3 Å². The molecule has 7 N–H and O–H groups in total. The highest BCUT2D eigenvalue weighted by molar-refractivity contribution is 6.16. The second-order valence-electron chi connectivity index (χ2n) is 19.4. The predicted octanol–water partition coefficient (Wildman–Crippen LogP) is 8.32. The van der Waals surface area contributed by atoms with Crippen molar-refractivity contribution in [2.24, 2.45) is 0 Å². The quantitative estimate of drug-likeness (QED) is 0.0279. The van der Waals surface area contributed by atoms with Crippen LogP contribution in [0.4, 0.5) is 0 Å². The zero-order chi connectivity index (χ0) is 54.1. The summed E-state index contributed by atoms with van der Waals surface area (Å²) in [7, 11) is 1.07. The van der Waals surface area contributed by atoms with E-state index in [-0.39, 0.29) is 44.1 Å². The van der Waals surface area contributed by atoms with E-state index in [9.17, 15) is 45.3 Å². The van der Waals surface area contributed by atoms with Crippen molar-refractivity contribution < 1.29 is 44.6 Å². The maximum Gasteiger partial charge on any atom is 0.345 e. The number of para-hydroxylation sites is 2. The summed E-state index contributed by atoms with van der Waals surface area (Å²) >= 11 is 0. The average molecular weight is 1030 g/mol. The Morgan fingerprint density at radius 2 is 0.808 bits per heavy atom. The Morgan fingerprint density at radius 3 is 1.41 bits per heavy atom. The fourth-order valence-electron chi connectivity index (χ4n) is 10.1. The highest BCUT2D eigenvalue weighted by atomic mass is 16.6. The molecule has 0 aliphatic heterocycles.